The van der Waals surface area contributed by atoms with E-state index in [1.807, 2.05) is 0 Å². The van der Waals surface area contributed by atoms with Crippen LogP contribution in [-0.2, 0) is 9.47 Å². The number of rotatable bonds is 6. The zero-order valence-corrected chi connectivity index (χ0v) is 19.2. The van der Waals surface area contributed by atoms with E-state index in [-0.39, 0.29) is 33.8 Å². The molecule has 5 atom stereocenters. The summed E-state index contributed by atoms with van der Waals surface area (Å²) in [7, 11) is 2.82. The number of benzene rings is 2. The van der Waals surface area contributed by atoms with E-state index in [0.29, 0.717) is 5.75 Å². The molecule has 0 amide bonds. The number of aromatic hydroxyl groups is 2. The Morgan fingerprint density at radius 1 is 0.919 bits per heavy atom. The maximum absolute atomic E-state index is 12.8. The lowest BCUT2D eigenvalue weighted by atomic mass is 10.0. The van der Waals surface area contributed by atoms with Crippen molar-refractivity contribution in [1.82, 2.24) is 0 Å². The van der Waals surface area contributed by atoms with Gasteiger partial charge in [0, 0.05) is 17.7 Å². The van der Waals surface area contributed by atoms with Crippen molar-refractivity contribution < 1.29 is 63.5 Å². The molecule has 0 bridgehead atoms. The molecule has 198 valence electrons. The van der Waals surface area contributed by atoms with Crippen LogP contribution in [0.15, 0.2) is 39.5 Å². The Labute approximate surface area is 207 Å². The summed E-state index contributed by atoms with van der Waals surface area (Å²) in [5, 5.41) is 59.5. The van der Waals surface area contributed by atoms with Gasteiger partial charge in [-0.15, -0.1) is 0 Å². The van der Waals surface area contributed by atoms with Crippen LogP contribution >= 0.6 is 0 Å². The molecule has 2 heterocycles. The number of phenolic OH excluding ortho intramolecular Hbond substituents is 1. The van der Waals surface area contributed by atoms with E-state index in [2.05, 4.69) is 4.74 Å². The fourth-order valence-electron chi connectivity index (χ4n) is 3.75. The van der Waals surface area contributed by atoms with E-state index < -0.39 is 54.0 Å². The summed E-state index contributed by atoms with van der Waals surface area (Å²) in [6.07, 6.45) is -11.2. The predicted molar refractivity (Wildman–Crippen MR) is 121 cm³/mol. The Morgan fingerprint density at radius 3 is 2.24 bits per heavy atom. The lowest BCUT2D eigenvalue weighted by Crippen LogP contribution is -2.60. The van der Waals surface area contributed by atoms with E-state index >= 15 is 0 Å². The van der Waals surface area contributed by atoms with Gasteiger partial charge in [-0.05, 0) is 18.2 Å². The minimum absolute atomic E-state index is 0.233. The van der Waals surface area contributed by atoms with Gasteiger partial charge < -0.3 is 54.0 Å². The van der Waals surface area contributed by atoms with Gasteiger partial charge >= 0.3 is 6.16 Å². The SMILES string of the molecule is COc1ccc(-c2oc3cc(OC4OC(OC(=O)O)C(O)C(O)C4O)cc(O)c3c(=O)c2O)cc1OC. The minimum atomic E-state index is -1.92. The zero-order valence-electron chi connectivity index (χ0n) is 19.2. The first-order valence-electron chi connectivity index (χ1n) is 10.6. The van der Waals surface area contributed by atoms with Crippen LogP contribution in [0.25, 0.3) is 22.3 Å². The number of aliphatic hydroxyl groups is 3. The summed E-state index contributed by atoms with van der Waals surface area (Å²) in [5.74, 6) is -1.31. The molecule has 14 heteroatoms. The molecule has 1 saturated heterocycles. The number of fused-ring (bicyclic) bond motifs is 1. The van der Waals surface area contributed by atoms with E-state index in [0.717, 1.165) is 12.1 Å². The predicted octanol–water partition coefficient (Wildman–Crippen LogP) is 0.727. The van der Waals surface area contributed by atoms with Crippen LogP contribution in [0, 0.1) is 0 Å². The van der Waals surface area contributed by atoms with Gasteiger partial charge in [0.2, 0.25) is 23.8 Å². The monoisotopic (exact) mass is 522 g/mol. The molecular weight excluding hydrogens is 500 g/mol. The molecule has 6 N–H and O–H groups in total. The van der Waals surface area contributed by atoms with Crippen molar-refractivity contribution >= 4 is 17.1 Å². The van der Waals surface area contributed by atoms with Crippen molar-refractivity contribution in [3.63, 3.8) is 0 Å². The van der Waals surface area contributed by atoms with Crippen LogP contribution < -0.4 is 19.6 Å². The Kier molecular flexibility index (Phi) is 7.00. The molecule has 3 aromatic rings. The summed E-state index contributed by atoms with van der Waals surface area (Å²) in [4.78, 5) is 23.7. The van der Waals surface area contributed by atoms with Crippen LogP contribution in [0.5, 0.6) is 28.7 Å². The average Bonchev–Trinajstić information content (AvgIpc) is 2.86. The number of aliphatic hydroxyl groups excluding tert-OH is 3. The number of ether oxygens (including phenoxy) is 5. The van der Waals surface area contributed by atoms with Crippen LogP contribution in [0.4, 0.5) is 4.79 Å². The molecule has 37 heavy (non-hydrogen) atoms. The fraction of sp³-hybridized carbons (Fsp3) is 0.304. The number of hydrogen-bond donors (Lipinski definition) is 6. The van der Waals surface area contributed by atoms with E-state index in [1.54, 1.807) is 0 Å². The summed E-state index contributed by atoms with van der Waals surface area (Å²) in [6.45, 7) is 0. The highest BCUT2D eigenvalue weighted by Gasteiger charge is 2.47. The van der Waals surface area contributed by atoms with Gasteiger partial charge in [0.25, 0.3) is 0 Å². The third kappa shape index (κ3) is 4.77. The fourth-order valence-corrected chi connectivity index (χ4v) is 3.75. The van der Waals surface area contributed by atoms with Crippen molar-refractivity contribution in [2.75, 3.05) is 14.2 Å². The third-order valence-electron chi connectivity index (χ3n) is 5.56. The summed E-state index contributed by atoms with van der Waals surface area (Å²) in [6, 6.07) is 6.53. The minimum Gasteiger partial charge on any atom is -0.507 e. The first-order chi connectivity index (χ1) is 17.5. The van der Waals surface area contributed by atoms with E-state index in [9.17, 15) is 35.1 Å². The maximum atomic E-state index is 12.8. The topological polar surface area (TPSA) is 215 Å². The highest BCUT2D eigenvalue weighted by atomic mass is 16.8. The van der Waals surface area contributed by atoms with Crippen molar-refractivity contribution in [3.05, 3.63) is 40.6 Å². The van der Waals surface area contributed by atoms with Crippen LogP contribution in [0.3, 0.4) is 0 Å². The number of methoxy groups -OCH3 is 2. The van der Waals surface area contributed by atoms with Gasteiger partial charge in [-0.1, -0.05) is 0 Å². The molecule has 0 aliphatic carbocycles. The molecule has 0 radical (unpaired) electrons. The first kappa shape index (κ1) is 25.8. The van der Waals surface area contributed by atoms with Crippen molar-refractivity contribution in [2.45, 2.75) is 30.9 Å². The molecule has 4 rings (SSSR count). The molecule has 14 nitrogen and oxygen atoms in total. The average molecular weight is 522 g/mol. The second-order valence-corrected chi connectivity index (χ2v) is 7.84. The molecular formula is C23H22O14. The van der Waals surface area contributed by atoms with Gasteiger partial charge in [-0.2, -0.15) is 0 Å². The highest BCUT2D eigenvalue weighted by molar-refractivity contribution is 5.88. The molecule has 5 unspecified atom stereocenters. The molecule has 2 aromatic carbocycles. The lowest BCUT2D eigenvalue weighted by Gasteiger charge is -2.38. The maximum Gasteiger partial charge on any atom is 0.508 e. The van der Waals surface area contributed by atoms with Gasteiger partial charge in [0.1, 0.15) is 40.8 Å². The van der Waals surface area contributed by atoms with Crippen molar-refractivity contribution in [1.29, 1.82) is 0 Å². The van der Waals surface area contributed by atoms with Gasteiger partial charge in [-0.25, -0.2) is 4.79 Å². The highest BCUT2D eigenvalue weighted by Crippen LogP contribution is 2.39. The van der Waals surface area contributed by atoms with Crippen LogP contribution in [0.1, 0.15) is 0 Å². The zero-order chi connectivity index (χ0) is 27.0. The molecule has 1 aromatic heterocycles. The summed E-state index contributed by atoms with van der Waals surface area (Å²) in [5.41, 5.74) is -0.971. The number of carboxylic acid groups (broad SMARTS) is 1. The first-order valence-corrected chi connectivity index (χ1v) is 10.6. The Bertz CT molecular complexity index is 1380. The van der Waals surface area contributed by atoms with Gasteiger partial charge in [0.15, 0.2) is 17.3 Å². The quantitative estimate of drug-likeness (QED) is 0.246. The molecule has 0 saturated carbocycles. The lowest BCUT2D eigenvalue weighted by molar-refractivity contribution is -0.321. The Morgan fingerprint density at radius 2 is 1.59 bits per heavy atom. The Balaban J connectivity index is 1.74. The number of hydrogen-bond acceptors (Lipinski definition) is 13. The summed E-state index contributed by atoms with van der Waals surface area (Å²) < 4.78 is 31.0. The van der Waals surface area contributed by atoms with Gasteiger partial charge in [-0.3, -0.25) is 9.53 Å². The van der Waals surface area contributed by atoms with Gasteiger partial charge in [0.05, 0.1) is 14.2 Å². The largest absolute Gasteiger partial charge is 0.508 e. The molecule has 1 fully saturated rings. The normalized spacial score (nSPS) is 23.4. The third-order valence-corrected chi connectivity index (χ3v) is 5.56. The second kappa shape index (κ2) is 10.0. The van der Waals surface area contributed by atoms with Crippen molar-refractivity contribution in [3.8, 4) is 40.1 Å². The molecule has 1 aliphatic rings. The van der Waals surface area contributed by atoms with E-state index in [1.165, 1.54) is 32.4 Å². The standard InChI is InChI=1S/C23H22O14/c1-32-11-4-3-8(5-12(11)33-2)20-17(27)15(25)14-10(24)6-9(7-13(14)35-20)34-21-18(28)16(26)19(29)22(36-21)37-23(30)31/h3-7,16,18-19,21-22,24,26-29H,1-2H3,(H,30,31). The number of carbonyl (C=O) groups is 1. The van der Waals surface area contributed by atoms with Crippen LogP contribution in [-0.4, -0.2) is 81.9 Å². The molecule has 0 spiro atoms. The molecule has 1 aliphatic heterocycles. The summed E-state index contributed by atoms with van der Waals surface area (Å²) >= 11 is 0. The van der Waals surface area contributed by atoms with E-state index in [4.69, 9.17) is 28.5 Å². The van der Waals surface area contributed by atoms with Crippen LogP contribution in [0.2, 0.25) is 0 Å². The number of phenols is 1. The second-order valence-electron chi connectivity index (χ2n) is 7.84. The Hall–Kier alpha value is -4.24. The van der Waals surface area contributed by atoms with Crippen molar-refractivity contribution in [2.24, 2.45) is 0 Å². The smallest absolute Gasteiger partial charge is 0.507 e.